The van der Waals surface area contributed by atoms with Gasteiger partial charge in [-0.15, -0.1) is 0 Å². The molecule has 0 radical (unpaired) electrons. The molecule has 11 nitrogen and oxygen atoms in total. The van der Waals surface area contributed by atoms with Gasteiger partial charge in [0.1, 0.15) is 11.6 Å². The maximum atomic E-state index is 13.0. The van der Waals surface area contributed by atoms with Crippen molar-refractivity contribution in [3.63, 3.8) is 0 Å². The van der Waals surface area contributed by atoms with Gasteiger partial charge in [0.05, 0.1) is 41.4 Å². The van der Waals surface area contributed by atoms with Crippen molar-refractivity contribution in [2.45, 2.75) is 52.0 Å². The molecule has 0 spiro atoms. The van der Waals surface area contributed by atoms with Gasteiger partial charge in [-0.3, -0.25) is 10.2 Å². The Bertz CT molecular complexity index is 1560. The number of aryl methyl sites for hydroxylation is 1. The van der Waals surface area contributed by atoms with Crippen LogP contribution in [0.5, 0.6) is 0 Å². The van der Waals surface area contributed by atoms with Crippen LogP contribution < -0.4 is 11.1 Å². The number of anilines is 1. The van der Waals surface area contributed by atoms with E-state index in [1.807, 2.05) is 48.2 Å². The van der Waals surface area contributed by atoms with Crippen molar-refractivity contribution in [2.24, 2.45) is 5.73 Å². The molecule has 1 aliphatic heterocycles. The van der Waals surface area contributed by atoms with Gasteiger partial charge in [0.25, 0.3) is 0 Å². The smallest absolute Gasteiger partial charge is 0.338 e. The molecule has 1 amide bonds. The van der Waals surface area contributed by atoms with Crippen LogP contribution in [0.3, 0.4) is 0 Å². The minimum Gasteiger partial charge on any atom is -0.462 e. The molecule has 0 saturated heterocycles. The molecule has 4 aromatic rings. The van der Waals surface area contributed by atoms with E-state index < -0.39 is 0 Å². The number of fused-ring (bicyclic) bond motifs is 2. The minimum atomic E-state index is -0.325. The van der Waals surface area contributed by atoms with Crippen LogP contribution in [-0.2, 0) is 28.9 Å². The number of H-pyrrole nitrogens is 2. The molecule has 2 aromatic carbocycles. The number of amides is 1. The van der Waals surface area contributed by atoms with Gasteiger partial charge in [-0.1, -0.05) is 18.2 Å². The van der Waals surface area contributed by atoms with Gasteiger partial charge in [0, 0.05) is 30.8 Å². The lowest BCUT2D eigenvalue weighted by Crippen LogP contribution is -2.35. The van der Waals surface area contributed by atoms with Gasteiger partial charge in [-0.25, -0.2) is 14.8 Å². The molecule has 1 aliphatic rings. The second kappa shape index (κ2) is 11.6. The third kappa shape index (κ3) is 5.83. The Hall–Kier alpha value is -4.67. The number of imidazole rings is 2. The minimum absolute atomic E-state index is 0.0872. The number of carbonyl (C=O) groups is 2. The summed E-state index contributed by atoms with van der Waals surface area (Å²) in [5.41, 5.74) is 11.2. The van der Waals surface area contributed by atoms with E-state index in [1.54, 1.807) is 13.0 Å². The maximum absolute atomic E-state index is 13.0. The van der Waals surface area contributed by atoms with Crippen LogP contribution in [0.2, 0.25) is 0 Å². The first-order chi connectivity index (χ1) is 19.3. The van der Waals surface area contributed by atoms with Gasteiger partial charge in [0.2, 0.25) is 5.91 Å². The van der Waals surface area contributed by atoms with Crippen LogP contribution >= 0.6 is 0 Å². The van der Waals surface area contributed by atoms with Crippen LogP contribution in [0.15, 0.2) is 42.5 Å². The summed E-state index contributed by atoms with van der Waals surface area (Å²) in [6.07, 6.45) is 2.40. The topological polar surface area (TPSA) is 166 Å². The van der Waals surface area contributed by atoms with Gasteiger partial charge < -0.3 is 30.7 Å². The summed E-state index contributed by atoms with van der Waals surface area (Å²) >= 11 is 0. The number of hydrogen-bond donors (Lipinski definition) is 5. The number of aromatic amines is 2. The molecule has 40 heavy (non-hydrogen) atoms. The SMILES string of the molecule is CCOC(=O)c1ccccc1CCCC(=O)N1CCc2[nH]c(C(C)c3nc4ccc(NC(=N)N)cc4[nH]3)nc2C1. The molecular formula is C29H34N8O3. The highest BCUT2D eigenvalue weighted by molar-refractivity contribution is 5.92. The number of hydrogen-bond acceptors (Lipinski definition) is 6. The van der Waals surface area contributed by atoms with Crippen LogP contribution in [0.1, 0.15) is 71.6 Å². The first kappa shape index (κ1) is 26.9. The fourth-order valence-corrected chi connectivity index (χ4v) is 5.06. The number of rotatable bonds is 9. The molecule has 2 aromatic heterocycles. The molecule has 0 saturated carbocycles. The number of benzene rings is 2. The Morgan fingerprint density at radius 2 is 1.98 bits per heavy atom. The van der Waals surface area contributed by atoms with Crippen molar-refractivity contribution in [1.82, 2.24) is 24.8 Å². The molecule has 1 atom stereocenters. The van der Waals surface area contributed by atoms with Crippen LogP contribution in [0.4, 0.5) is 5.69 Å². The first-order valence-corrected chi connectivity index (χ1v) is 13.5. The van der Waals surface area contributed by atoms with Crippen molar-refractivity contribution in [1.29, 1.82) is 5.41 Å². The summed E-state index contributed by atoms with van der Waals surface area (Å²) in [5, 5.41) is 10.2. The molecule has 3 heterocycles. The fourth-order valence-electron chi connectivity index (χ4n) is 5.06. The second-order valence-corrected chi connectivity index (χ2v) is 9.96. The van der Waals surface area contributed by atoms with E-state index in [0.29, 0.717) is 56.6 Å². The zero-order valence-electron chi connectivity index (χ0n) is 22.7. The summed E-state index contributed by atoms with van der Waals surface area (Å²) in [7, 11) is 0. The second-order valence-electron chi connectivity index (χ2n) is 9.96. The fraction of sp³-hybridized carbons (Fsp3) is 0.345. The molecule has 6 N–H and O–H groups in total. The number of aromatic nitrogens is 4. The van der Waals surface area contributed by atoms with Crippen molar-refractivity contribution >= 4 is 34.6 Å². The lowest BCUT2D eigenvalue weighted by molar-refractivity contribution is -0.132. The van der Waals surface area contributed by atoms with Gasteiger partial charge in [0.15, 0.2) is 5.96 Å². The quantitative estimate of drug-likeness (QED) is 0.122. The van der Waals surface area contributed by atoms with Crippen LogP contribution in [0, 0.1) is 5.41 Å². The van der Waals surface area contributed by atoms with E-state index in [2.05, 4.69) is 15.3 Å². The highest BCUT2D eigenvalue weighted by atomic mass is 16.5. The zero-order chi connectivity index (χ0) is 28.2. The Morgan fingerprint density at radius 3 is 2.77 bits per heavy atom. The van der Waals surface area contributed by atoms with Crippen molar-refractivity contribution < 1.29 is 14.3 Å². The van der Waals surface area contributed by atoms with E-state index in [1.165, 1.54) is 0 Å². The number of nitrogens with zero attached hydrogens (tertiary/aromatic N) is 3. The number of nitrogens with one attached hydrogen (secondary N) is 4. The van der Waals surface area contributed by atoms with E-state index in [4.69, 9.17) is 25.8 Å². The molecular weight excluding hydrogens is 508 g/mol. The average molecular weight is 543 g/mol. The summed E-state index contributed by atoms with van der Waals surface area (Å²) in [4.78, 5) is 43.5. The molecule has 0 bridgehead atoms. The number of ether oxygens (including phenoxy) is 1. The highest BCUT2D eigenvalue weighted by Crippen LogP contribution is 2.27. The predicted octanol–water partition coefficient (Wildman–Crippen LogP) is 3.83. The van der Waals surface area contributed by atoms with Crippen molar-refractivity contribution in [3.8, 4) is 0 Å². The van der Waals surface area contributed by atoms with Gasteiger partial charge in [-0.2, -0.15) is 0 Å². The van der Waals surface area contributed by atoms with E-state index in [0.717, 1.165) is 39.6 Å². The van der Waals surface area contributed by atoms with Crippen LogP contribution in [-0.4, -0.2) is 55.8 Å². The molecule has 1 unspecified atom stereocenters. The average Bonchev–Trinajstić information content (AvgIpc) is 3.56. The monoisotopic (exact) mass is 542 g/mol. The number of guanidine groups is 1. The number of esters is 1. The summed E-state index contributed by atoms with van der Waals surface area (Å²) in [6.45, 7) is 5.26. The lowest BCUT2D eigenvalue weighted by Gasteiger charge is -2.26. The molecule has 0 fully saturated rings. The standard InChI is InChI=1S/C29H34N8O3/c1-3-40-28(39)20-9-5-4-7-18(20)8-6-10-25(38)37-14-13-22-24(16-37)36-27(34-22)17(2)26-33-21-12-11-19(32-29(30)31)15-23(21)35-26/h4-5,7,9,11-12,15,17H,3,6,8,10,13-14,16H2,1-2H3,(H,33,35)(H,34,36)(H4,30,31,32). The van der Waals surface area contributed by atoms with Crippen molar-refractivity contribution in [3.05, 3.63) is 76.6 Å². The number of nitrogens with two attached hydrogens (primary N) is 1. The first-order valence-electron chi connectivity index (χ1n) is 13.5. The normalized spacial score (nSPS) is 13.6. The Morgan fingerprint density at radius 1 is 1.18 bits per heavy atom. The Kier molecular flexibility index (Phi) is 7.81. The summed E-state index contributed by atoms with van der Waals surface area (Å²) in [6, 6.07) is 13.0. The van der Waals surface area contributed by atoms with Crippen molar-refractivity contribution in [2.75, 3.05) is 18.5 Å². The molecule has 11 heteroatoms. The van der Waals surface area contributed by atoms with Crippen LogP contribution in [0.25, 0.3) is 11.0 Å². The Balaban J connectivity index is 1.20. The van der Waals surface area contributed by atoms with E-state index >= 15 is 0 Å². The van der Waals surface area contributed by atoms with E-state index in [-0.39, 0.29) is 23.8 Å². The predicted molar refractivity (Wildman–Crippen MR) is 152 cm³/mol. The van der Waals surface area contributed by atoms with E-state index in [9.17, 15) is 9.59 Å². The summed E-state index contributed by atoms with van der Waals surface area (Å²) in [5.74, 6) is 1.11. The molecule has 5 rings (SSSR count). The summed E-state index contributed by atoms with van der Waals surface area (Å²) < 4.78 is 5.16. The Labute approximate surface area is 232 Å². The molecule has 0 aliphatic carbocycles. The number of carbonyl (C=O) groups excluding carboxylic acids is 2. The lowest BCUT2D eigenvalue weighted by atomic mass is 10.0. The van der Waals surface area contributed by atoms with Gasteiger partial charge >= 0.3 is 5.97 Å². The largest absolute Gasteiger partial charge is 0.462 e. The van der Waals surface area contributed by atoms with Gasteiger partial charge in [-0.05, 0) is 56.5 Å². The molecule has 208 valence electrons. The third-order valence-corrected chi connectivity index (χ3v) is 7.16. The zero-order valence-corrected chi connectivity index (χ0v) is 22.7. The maximum Gasteiger partial charge on any atom is 0.338 e. The third-order valence-electron chi connectivity index (χ3n) is 7.16. The highest BCUT2D eigenvalue weighted by Gasteiger charge is 2.26.